The van der Waals surface area contributed by atoms with Crippen LogP contribution in [0.3, 0.4) is 0 Å². The third kappa shape index (κ3) is 2.32. The van der Waals surface area contributed by atoms with Crippen LogP contribution in [0.2, 0.25) is 0 Å². The molecular formula is C15H17NO. The zero-order valence-electron chi connectivity index (χ0n) is 9.84. The number of pyridine rings is 1. The van der Waals surface area contributed by atoms with Crippen molar-refractivity contribution in [2.75, 3.05) is 0 Å². The van der Waals surface area contributed by atoms with Gasteiger partial charge in [-0.25, -0.2) is 0 Å². The molecule has 1 aromatic carbocycles. The molecule has 1 unspecified atom stereocenters. The van der Waals surface area contributed by atoms with E-state index >= 15 is 0 Å². The average Bonchev–Trinajstić information content (AvgIpc) is 3.19. The van der Waals surface area contributed by atoms with E-state index in [-0.39, 0.29) is 6.10 Å². The van der Waals surface area contributed by atoms with Gasteiger partial charge in [0.25, 0.3) is 0 Å². The van der Waals surface area contributed by atoms with E-state index in [0.717, 1.165) is 35.2 Å². The summed E-state index contributed by atoms with van der Waals surface area (Å²) in [5.41, 5.74) is 1.99. The van der Waals surface area contributed by atoms with Crippen molar-refractivity contribution in [2.24, 2.45) is 5.92 Å². The molecule has 1 aliphatic rings. The van der Waals surface area contributed by atoms with Gasteiger partial charge in [0.1, 0.15) is 0 Å². The van der Waals surface area contributed by atoms with Gasteiger partial charge < -0.3 is 5.11 Å². The highest BCUT2D eigenvalue weighted by Crippen LogP contribution is 2.36. The van der Waals surface area contributed by atoms with E-state index in [0.29, 0.717) is 0 Å². The Bertz CT molecular complexity index is 514. The fraction of sp³-hybridized carbons (Fsp3) is 0.400. The molecule has 2 heteroatoms. The number of hydrogen-bond acceptors (Lipinski definition) is 2. The molecule has 0 bridgehead atoms. The Labute approximate surface area is 101 Å². The third-order valence-electron chi connectivity index (χ3n) is 3.58. The average molecular weight is 227 g/mol. The van der Waals surface area contributed by atoms with Gasteiger partial charge in [0.15, 0.2) is 0 Å². The highest BCUT2D eigenvalue weighted by atomic mass is 16.3. The number of nitrogens with zero attached hydrogens (tertiary/aromatic N) is 1. The van der Waals surface area contributed by atoms with E-state index in [2.05, 4.69) is 4.98 Å². The number of benzene rings is 1. The second kappa shape index (κ2) is 4.46. The minimum Gasteiger partial charge on any atom is -0.388 e. The summed E-state index contributed by atoms with van der Waals surface area (Å²) in [6, 6.07) is 9.95. The van der Waals surface area contributed by atoms with Gasteiger partial charge in [-0.3, -0.25) is 4.98 Å². The van der Waals surface area contributed by atoms with Gasteiger partial charge in [-0.1, -0.05) is 31.0 Å². The lowest BCUT2D eigenvalue weighted by atomic mass is 9.99. The van der Waals surface area contributed by atoms with Crippen molar-refractivity contribution in [3.63, 3.8) is 0 Å². The first-order valence-electron chi connectivity index (χ1n) is 6.36. The summed E-state index contributed by atoms with van der Waals surface area (Å²) >= 11 is 0. The molecule has 2 aromatic rings. The summed E-state index contributed by atoms with van der Waals surface area (Å²) in [5, 5.41) is 11.3. The maximum atomic E-state index is 10.3. The lowest BCUT2D eigenvalue weighted by molar-refractivity contribution is 0.164. The second-order valence-electron chi connectivity index (χ2n) is 4.95. The quantitative estimate of drug-likeness (QED) is 0.867. The lowest BCUT2D eigenvalue weighted by Crippen LogP contribution is -1.99. The van der Waals surface area contributed by atoms with Crippen LogP contribution >= 0.6 is 0 Å². The summed E-state index contributed by atoms with van der Waals surface area (Å²) in [6.45, 7) is 0. The normalized spacial score (nSPS) is 17.2. The Morgan fingerprint density at radius 2 is 2.12 bits per heavy atom. The van der Waals surface area contributed by atoms with Gasteiger partial charge in [-0.2, -0.15) is 0 Å². The fourth-order valence-corrected chi connectivity index (χ4v) is 2.37. The van der Waals surface area contributed by atoms with Crippen LogP contribution in [0.15, 0.2) is 36.5 Å². The maximum absolute atomic E-state index is 10.3. The first-order valence-corrected chi connectivity index (χ1v) is 6.36. The zero-order valence-corrected chi connectivity index (χ0v) is 9.84. The molecule has 88 valence electrons. The van der Waals surface area contributed by atoms with Crippen LogP contribution in [0.25, 0.3) is 10.9 Å². The standard InChI is InChI=1S/C15H17NO/c17-15(9-8-11-6-7-11)13-3-1-5-14-12(13)4-2-10-16-14/h1-5,10-11,15,17H,6-9H2. The van der Waals surface area contributed by atoms with Gasteiger partial charge >= 0.3 is 0 Å². The number of fused-ring (bicyclic) bond motifs is 1. The van der Waals surface area contributed by atoms with Crippen LogP contribution in [0.4, 0.5) is 0 Å². The fourth-order valence-electron chi connectivity index (χ4n) is 2.37. The van der Waals surface area contributed by atoms with Crippen molar-refractivity contribution < 1.29 is 5.11 Å². The smallest absolute Gasteiger partial charge is 0.0796 e. The monoisotopic (exact) mass is 227 g/mol. The summed E-state index contributed by atoms with van der Waals surface area (Å²) in [4.78, 5) is 4.32. The van der Waals surface area contributed by atoms with Crippen molar-refractivity contribution in [3.05, 3.63) is 42.1 Å². The van der Waals surface area contributed by atoms with Crippen LogP contribution in [0, 0.1) is 5.92 Å². The summed E-state index contributed by atoms with van der Waals surface area (Å²) < 4.78 is 0. The second-order valence-corrected chi connectivity index (χ2v) is 4.95. The molecule has 3 rings (SSSR count). The first-order chi connectivity index (χ1) is 8.34. The van der Waals surface area contributed by atoms with Crippen LogP contribution in [-0.2, 0) is 0 Å². The predicted molar refractivity (Wildman–Crippen MR) is 68.7 cm³/mol. The number of hydrogen-bond donors (Lipinski definition) is 1. The summed E-state index contributed by atoms with van der Waals surface area (Å²) in [5.74, 6) is 0.873. The molecule has 0 saturated heterocycles. The summed E-state index contributed by atoms with van der Waals surface area (Å²) in [7, 11) is 0. The Hall–Kier alpha value is -1.41. The number of aliphatic hydroxyl groups excluding tert-OH is 1. The lowest BCUT2D eigenvalue weighted by Gasteiger charge is -2.13. The van der Waals surface area contributed by atoms with Crippen molar-refractivity contribution in [1.82, 2.24) is 4.98 Å². The minimum absolute atomic E-state index is 0.344. The van der Waals surface area contributed by atoms with Crippen LogP contribution < -0.4 is 0 Å². The molecule has 0 radical (unpaired) electrons. The molecule has 17 heavy (non-hydrogen) atoms. The summed E-state index contributed by atoms with van der Waals surface area (Å²) in [6.07, 6.45) is 6.18. The van der Waals surface area contributed by atoms with Gasteiger partial charge in [0, 0.05) is 11.6 Å². The molecule has 1 heterocycles. The molecule has 0 aliphatic heterocycles. The Morgan fingerprint density at radius 3 is 2.94 bits per heavy atom. The molecule has 1 aromatic heterocycles. The maximum Gasteiger partial charge on any atom is 0.0796 e. The third-order valence-corrected chi connectivity index (χ3v) is 3.58. The van der Waals surface area contributed by atoms with Crippen molar-refractivity contribution in [2.45, 2.75) is 31.8 Å². The van der Waals surface area contributed by atoms with Gasteiger partial charge in [-0.05, 0) is 36.5 Å². The topological polar surface area (TPSA) is 33.1 Å². The molecule has 2 nitrogen and oxygen atoms in total. The Kier molecular flexibility index (Phi) is 2.81. The van der Waals surface area contributed by atoms with Crippen LogP contribution in [-0.4, -0.2) is 10.1 Å². The molecule has 1 N–H and O–H groups in total. The van der Waals surface area contributed by atoms with Crippen molar-refractivity contribution in [1.29, 1.82) is 0 Å². The minimum atomic E-state index is -0.344. The predicted octanol–water partition coefficient (Wildman–Crippen LogP) is 3.46. The molecule has 0 spiro atoms. The van der Waals surface area contributed by atoms with E-state index in [1.807, 2.05) is 30.3 Å². The molecule has 1 aliphatic carbocycles. The number of aromatic nitrogens is 1. The number of rotatable bonds is 4. The zero-order chi connectivity index (χ0) is 11.7. The van der Waals surface area contributed by atoms with Gasteiger partial charge in [-0.15, -0.1) is 0 Å². The number of aliphatic hydroxyl groups is 1. The molecule has 1 saturated carbocycles. The van der Waals surface area contributed by atoms with E-state index in [1.165, 1.54) is 12.8 Å². The molecule has 0 amide bonds. The van der Waals surface area contributed by atoms with Gasteiger partial charge in [0.2, 0.25) is 0 Å². The van der Waals surface area contributed by atoms with E-state index in [9.17, 15) is 5.11 Å². The van der Waals surface area contributed by atoms with Crippen LogP contribution in [0.1, 0.15) is 37.4 Å². The Balaban J connectivity index is 1.87. The highest BCUT2D eigenvalue weighted by molar-refractivity contribution is 5.82. The van der Waals surface area contributed by atoms with E-state index in [4.69, 9.17) is 0 Å². The highest BCUT2D eigenvalue weighted by Gasteiger charge is 2.22. The molecular weight excluding hydrogens is 210 g/mol. The van der Waals surface area contributed by atoms with Crippen molar-refractivity contribution >= 4 is 10.9 Å². The largest absolute Gasteiger partial charge is 0.388 e. The first kappa shape index (κ1) is 10.7. The van der Waals surface area contributed by atoms with E-state index in [1.54, 1.807) is 6.20 Å². The van der Waals surface area contributed by atoms with Crippen molar-refractivity contribution in [3.8, 4) is 0 Å². The van der Waals surface area contributed by atoms with E-state index < -0.39 is 0 Å². The SMILES string of the molecule is OC(CCC1CC1)c1cccc2ncccc12. The Morgan fingerprint density at radius 1 is 1.24 bits per heavy atom. The van der Waals surface area contributed by atoms with Crippen LogP contribution in [0.5, 0.6) is 0 Å². The van der Waals surface area contributed by atoms with Gasteiger partial charge in [0.05, 0.1) is 11.6 Å². The molecule has 1 fully saturated rings. The molecule has 1 atom stereocenters.